The number of likely N-dealkylation sites (N-methyl/N-ethyl adjacent to an activating group) is 1. The van der Waals surface area contributed by atoms with Gasteiger partial charge in [0.2, 0.25) is 0 Å². The Morgan fingerprint density at radius 1 is 1.16 bits per heavy atom. The maximum atomic E-state index is 12.9. The summed E-state index contributed by atoms with van der Waals surface area (Å²) < 4.78 is 6.51. The van der Waals surface area contributed by atoms with Gasteiger partial charge in [0.25, 0.3) is 11.5 Å². The van der Waals surface area contributed by atoms with Crippen molar-refractivity contribution in [3.05, 3.63) is 51.9 Å². The van der Waals surface area contributed by atoms with Crippen LogP contribution in [0.15, 0.2) is 35.1 Å². The summed E-state index contributed by atoms with van der Waals surface area (Å²) in [6.07, 6.45) is 0. The molecular weight excluding hydrogens is 320 g/mol. The zero-order chi connectivity index (χ0) is 18.0. The first-order valence-electron chi connectivity index (χ1n) is 8.23. The number of hydrogen-bond donors (Lipinski definition) is 0. The molecule has 1 aliphatic heterocycles. The highest BCUT2D eigenvalue weighted by Gasteiger charge is 2.26. The molecule has 3 rings (SSSR count). The summed E-state index contributed by atoms with van der Waals surface area (Å²) in [4.78, 5) is 29.3. The first-order valence-corrected chi connectivity index (χ1v) is 8.23. The van der Waals surface area contributed by atoms with E-state index in [1.807, 2.05) is 32.2 Å². The Labute approximate surface area is 146 Å². The quantitative estimate of drug-likeness (QED) is 0.830. The molecule has 2 aromatic rings. The highest BCUT2D eigenvalue weighted by molar-refractivity contribution is 5.94. The van der Waals surface area contributed by atoms with Crippen LogP contribution in [-0.4, -0.2) is 65.8 Å². The van der Waals surface area contributed by atoms with Gasteiger partial charge in [-0.25, -0.2) is 0 Å². The fourth-order valence-corrected chi connectivity index (χ4v) is 2.88. The molecule has 0 saturated carbocycles. The third-order valence-corrected chi connectivity index (χ3v) is 4.45. The zero-order valence-electron chi connectivity index (χ0n) is 14.7. The molecule has 0 radical (unpaired) electrons. The average Bonchev–Trinajstić information content (AvgIpc) is 2.62. The molecule has 0 aliphatic carbocycles. The van der Waals surface area contributed by atoms with Gasteiger partial charge >= 0.3 is 0 Å². The van der Waals surface area contributed by atoms with E-state index in [-0.39, 0.29) is 22.9 Å². The second-order valence-electron chi connectivity index (χ2n) is 6.19. The van der Waals surface area contributed by atoms with Crippen LogP contribution in [-0.2, 0) is 0 Å². The second-order valence-corrected chi connectivity index (χ2v) is 6.19. The topological polar surface area (TPSA) is 67.7 Å². The summed E-state index contributed by atoms with van der Waals surface area (Å²) >= 11 is 0. The van der Waals surface area contributed by atoms with Gasteiger partial charge in [0.05, 0.1) is 18.9 Å². The van der Waals surface area contributed by atoms with E-state index in [0.29, 0.717) is 18.8 Å². The van der Waals surface area contributed by atoms with Crippen LogP contribution in [0, 0.1) is 6.92 Å². The number of piperazine rings is 1. The van der Waals surface area contributed by atoms with E-state index in [4.69, 9.17) is 4.74 Å². The highest BCUT2D eigenvalue weighted by atomic mass is 16.5. The van der Waals surface area contributed by atoms with E-state index >= 15 is 0 Å². The Bertz CT molecular complexity index is 838. The number of aromatic nitrogens is 2. The zero-order valence-corrected chi connectivity index (χ0v) is 14.7. The number of aryl methyl sites for hydroxylation is 1. The van der Waals surface area contributed by atoms with Crippen LogP contribution < -0.4 is 10.3 Å². The molecule has 1 aromatic carbocycles. The van der Waals surface area contributed by atoms with Crippen molar-refractivity contribution in [2.24, 2.45) is 0 Å². The van der Waals surface area contributed by atoms with Crippen LogP contribution in [0.25, 0.3) is 5.69 Å². The van der Waals surface area contributed by atoms with Gasteiger partial charge in [0, 0.05) is 26.2 Å². The first kappa shape index (κ1) is 17.2. The SMILES string of the molecule is COc1cc(=O)n(-c2ccccc2C)nc1C(=O)N1CCN(C)CC1. The standard InChI is InChI=1S/C18H22N4O3/c1-13-6-4-5-7-14(13)22-16(23)12-15(25-3)17(19-22)18(24)21-10-8-20(2)9-11-21/h4-7,12H,8-11H2,1-3H3. The summed E-state index contributed by atoms with van der Waals surface area (Å²) in [6, 6.07) is 8.76. The van der Waals surface area contributed by atoms with Crippen molar-refractivity contribution in [1.29, 1.82) is 0 Å². The number of carbonyl (C=O) groups is 1. The molecule has 1 amide bonds. The third kappa shape index (κ3) is 3.41. The molecule has 0 N–H and O–H groups in total. The lowest BCUT2D eigenvalue weighted by Gasteiger charge is -2.32. The van der Waals surface area contributed by atoms with Gasteiger partial charge in [-0.3, -0.25) is 9.59 Å². The molecule has 132 valence electrons. The van der Waals surface area contributed by atoms with E-state index < -0.39 is 0 Å². The highest BCUT2D eigenvalue weighted by Crippen LogP contribution is 2.18. The van der Waals surface area contributed by atoms with Gasteiger partial charge in [-0.05, 0) is 25.6 Å². The minimum atomic E-state index is -0.332. The van der Waals surface area contributed by atoms with Crippen LogP contribution in [0.5, 0.6) is 5.75 Å². The Hall–Kier alpha value is -2.67. The number of hydrogen-bond acceptors (Lipinski definition) is 5. The molecular formula is C18H22N4O3. The number of nitrogens with zero attached hydrogens (tertiary/aromatic N) is 4. The molecule has 0 atom stereocenters. The number of para-hydroxylation sites is 1. The van der Waals surface area contributed by atoms with Crippen molar-refractivity contribution >= 4 is 5.91 Å². The maximum absolute atomic E-state index is 12.9. The number of amides is 1. The fourth-order valence-electron chi connectivity index (χ4n) is 2.88. The van der Waals surface area contributed by atoms with Gasteiger partial charge in [-0.1, -0.05) is 18.2 Å². The van der Waals surface area contributed by atoms with Gasteiger partial charge in [-0.15, -0.1) is 0 Å². The first-order chi connectivity index (χ1) is 12.0. The molecule has 7 nitrogen and oxygen atoms in total. The van der Waals surface area contributed by atoms with E-state index in [2.05, 4.69) is 10.00 Å². The lowest BCUT2D eigenvalue weighted by atomic mass is 10.2. The Kier molecular flexibility index (Phi) is 4.85. The normalized spacial score (nSPS) is 15.2. The summed E-state index contributed by atoms with van der Waals surface area (Å²) in [5.74, 6) is -0.00829. The number of carbonyl (C=O) groups excluding carboxylic acids is 1. The van der Waals surface area contributed by atoms with Crippen molar-refractivity contribution < 1.29 is 9.53 Å². The molecule has 0 unspecified atom stereocenters. The van der Waals surface area contributed by atoms with Crippen LogP contribution >= 0.6 is 0 Å². The Morgan fingerprint density at radius 3 is 2.48 bits per heavy atom. The van der Waals surface area contributed by atoms with E-state index in [1.54, 1.807) is 11.0 Å². The van der Waals surface area contributed by atoms with Crippen LogP contribution in [0.2, 0.25) is 0 Å². The fraction of sp³-hybridized carbons (Fsp3) is 0.389. The van der Waals surface area contributed by atoms with Crippen molar-refractivity contribution in [2.45, 2.75) is 6.92 Å². The lowest BCUT2D eigenvalue weighted by Crippen LogP contribution is -2.47. The second kappa shape index (κ2) is 7.06. The number of rotatable bonds is 3. The molecule has 25 heavy (non-hydrogen) atoms. The molecule has 0 bridgehead atoms. The monoisotopic (exact) mass is 342 g/mol. The van der Waals surface area contributed by atoms with Crippen molar-refractivity contribution in [2.75, 3.05) is 40.3 Å². The van der Waals surface area contributed by atoms with Crippen LogP contribution in [0.3, 0.4) is 0 Å². The smallest absolute Gasteiger partial charge is 0.278 e. The molecule has 1 saturated heterocycles. The molecule has 1 aromatic heterocycles. The molecule has 7 heteroatoms. The Balaban J connectivity index is 2.04. The van der Waals surface area contributed by atoms with E-state index in [0.717, 1.165) is 18.7 Å². The van der Waals surface area contributed by atoms with E-state index in [1.165, 1.54) is 17.9 Å². The largest absolute Gasteiger partial charge is 0.494 e. The van der Waals surface area contributed by atoms with Gasteiger partial charge in [-0.2, -0.15) is 9.78 Å². The number of methoxy groups -OCH3 is 1. The predicted molar refractivity (Wildman–Crippen MR) is 94.5 cm³/mol. The average molecular weight is 342 g/mol. The molecule has 0 spiro atoms. The van der Waals surface area contributed by atoms with Crippen LogP contribution in [0.4, 0.5) is 0 Å². The number of benzene rings is 1. The van der Waals surface area contributed by atoms with Gasteiger partial charge in [0.1, 0.15) is 0 Å². The van der Waals surface area contributed by atoms with Gasteiger partial charge in [0.15, 0.2) is 11.4 Å². The summed E-state index contributed by atoms with van der Waals surface area (Å²) in [7, 11) is 3.47. The predicted octanol–water partition coefficient (Wildman–Crippen LogP) is 0.937. The minimum absolute atomic E-state index is 0.162. The van der Waals surface area contributed by atoms with Crippen molar-refractivity contribution in [3.8, 4) is 11.4 Å². The lowest BCUT2D eigenvalue weighted by molar-refractivity contribution is 0.0652. The van der Waals surface area contributed by atoms with Crippen LogP contribution in [0.1, 0.15) is 16.1 Å². The van der Waals surface area contributed by atoms with Gasteiger partial charge < -0.3 is 14.5 Å². The third-order valence-electron chi connectivity index (χ3n) is 4.45. The Morgan fingerprint density at radius 2 is 1.84 bits per heavy atom. The summed E-state index contributed by atoms with van der Waals surface area (Å²) in [5, 5.41) is 4.34. The summed E-state index contributed by atoms with van der Waals surface area (Å²) in [6.45, 7) is 4.78. The van der Waals surface area contributed by atoms with Crippen molar-refractivity contribution in [3.63, 3.8) is 0 Å². The number of ether oxygens (including phenoxy) is 1. The molecule has 1 fully saturated rings. The molecule has 1 aliphatic rings. The van der Waals surface area contributed by atoms with Crippen molar-refractivity contribution in [1.82, 2.24) is 19.6 Å². The minimum Gasteiger partial charge on any atom is -0.494 e. The maximum Gasteiger partial charge on any atom is 0.278 e. The summed E-state index contributed by atoms with van der Waals surface area (Å²) in [5.41, 5.74) is 1.39. The molecule has 2 heterocycles. The van der Waals surface area contributed by atoms with E-state index in [9.17, 15) is 9.59 Å².